The highest BCUT2D eigenvalue weighted by Crippen LogP contribution is 2.29. The van der Waals surface area contributed by atoms with Crippen LogP contribution in [-0.2, 0) is 4.79 Å². The number of hydrogen-bond donors (Lipinski definition) is 2. The molecule has 29 heavy (non-hydrogen) atoms. The molecule has 0 unspecified atom stereocenters. The summed E-state index contributed by atoms with van der Waals surface area (Å²) < 4.78 is 14.9. The smallest absolute Gasteiger partial charge is 0.226 e. The van der Waals surface area contributed by atoms with Gasteiger partial charge in [0.05, 0.1) is 5.52 Å². The maximum absolute atomic E-state index is 14.9. The van der Waals surface area contributed by atoms with E-state index in [0.29, 0.717) is 12.0 Å². The molecule has 3 heterocycles. The number of pyridine rings is 1. The summed E-state index contributed by atoms with van der Waals surface area (Å²) >= 11 is 0. The van der Waals surface area contributed by atoms with Crippen molar-refractivity contribution in [3.8, 4) is 11.3 Å². The molecule has 0 saturated carbocycles. The number of H-pyrrole nitrogens is 1. The molecule has 1 amide bonds. The Morgan fingerprint density at radius 2 is 2.07 bits per heavy atom. The summed E-state index contributed by atoms with van der Waals surface area (Å²) in [6, 6.07) is 9.24. The lowest BCUT2D eigenvalue weighted by atomic mass is 9.88. The number of likely N-dealkylation sites (tertiary alicyclic amines) is 1. The van der Waals surface area contributed by atoms with Gasteiger partial charge in [0.1, 0.15) is 5.69 Å². The molecule has 1 aliphatic rings. The quantitative estimate of drug-likeness (QED) is 0.656. The number of fused-ring (bicyclic) bond motifs is 1. The largest absolute Gasteiger partial charge is 0.307 e. The van der Waals surface area contributed by atoms with Crippen LogP contribution in [0.2, 0.25) is 0 Å². The zero-order valence-electron chi connectivity index (χ0n) is 16.8. The highest BCUT2D eigenvalue weighted by Gasteiger charge is 2.27. The van der Waals surface area contributed by atoms with Gasteiger partial charge in [-0.2, -0.15) is 5.10 Å². The van der Waals surface area contributed by atoms with Crippen molar-refractivity contribution < 1.29 is 9.18 Å². The Bertz CT molecular complexity index is 1020. The lowest BCUT2D eigenvalue weighted by Gasteiger charge is -2.29. The summed E-state index contributed by atoms with van der Waals surface area (Å²) in [4.78, 5) is 19.2. The minimum Gasteiger partial charge on any atom is -0.307 e. The number of amides is 1. The molecule has 1 saturated heterocycles. The molecule has 0 spiro atoms. The number of anilines is 1. The zero-order chi connectivity index (χ0) is 20.4. The topological polar surface area (TPSA) is 73.9 Å². The summed E-state index contributed by atoms with van der Waals surface area (Å²) in [5.41, 5.74) is 1.56. The Morgan fingerprint density at radius 3 is 2.86 bits per heavy atom. The van der Waals surface area contributed by atoms with E-state index in [9.17, 15) is 9.18 Å². The molecule has 7 heteroatoms. The van der Waals surface area contributed by atoms with Crippen LogP contribution < -0.4 is 5.32 Å². The van der Waals surface area contributed by atoms with Crippen LogP contribution in [0.4, 0.5) is 10.2 Å². The molecule has 0 aliphatic carbocycles. The van der Waals surface area contributed by atoms with Crippen LogP contribution in [0.5, 0.6) is 0 Å². The van der Waals surface area contributed by atoms with Crippen molar-refractivity contribution >= 4 is 22.6 Å². The van der Waals surface area contributed by atoms with Gasteiger partial charge in [0.25, 0.3) is 0 Å². The van der Waals surface area contributed by atoms with Crippen molar-refractivity contribution in [3.63, 3.8) is 0 Å². The Morgan fingerprint density at radius 1 is 1.28 bits per heavy atom. The molecule has 6 nitrogen and oxygen atoms in total. The fourth-order valence-corrected chi connectivity index (χ4v) is 4.05. The van der Waals surface area contributed by atoms with Gasteiger partial charge in [-0.05, 0) is 49.5 Å². The Hall–Kier alpha value is -2.80. The van der Waals surface area contributed by atoms with E-state index >= 15 is 0 Å². The third-order valence-electron chi connectivity index (χ3n) is 5.35. The number of halogens is 1. The second-order valence-corrected chi connectivity index (χ2v) is 8.54. The number of aromatic amines is 1. The minimum atomic E-state index is -0.557. The first-order valence-electron chi connectivity index (χ1n) is 10.0. The molecule has 4 rings (SSSR count). The van der Waals surface area contributed by atoms with Crippen LogP contribution >= 0.6 is 0 Å². The summed E-state index contributed by atoms with van der Waals surface area (Å²) in [5.74, 6) is -0.846. The number of nitrogens with zero attached hydrogens (tertiary/aromatic N) is 3. The molecule has 2 N–H and O–H groups in total. The van der Waals surface area contributed by atoms with E-state index in [2.05, 4.69) is 39.2 Å². The van der Waals surface area contributed by atoms with E-state index in [1.807, 2.05) is 24.3 Å². The third kappa shape index (κ3) is 4.45. The molecule has 0 radical (unpaired) electrons. The lowest BCUT2D eigenvalue weighted by molar-refractivity contribution is -0.118. The van der Waals surface area contributed by atoms with Gasteiger partial charge in [-0.15, -0.1) is 0 Å². The van der Waals surface area contributed by atoms with Gasteiger partial charge in [0.15, 0.2) is 11.6 Å². The second kappa shape index (κ2) is 7.91. The molecular weight excluding hydrogens is 369 g/mol. The average molecular weight is 395 g/mol. The Balaban J connectivity index is 1.45. The van der Waals surface area contributed by atoms with E-state index in [0.717, 1.165) is 30.5 Å². The van der Waals surface area contributed by atoms with Crippen molar-refractivity contribution in [1.29, 1.82) is 0 Å². The number of nitrogens with one attached hydrogen (secondary N) is 2. The van der Waals surface area contributed by atoms with E-state index in [-0.39, 0.29) is 22.8 Å². The Labute approximate surface area is 169 Å². The first-order chi connectivity index (χ1) is 13.9. The number of aromatic nitrogens is 3. The first kappa shape index (κ1) is 19.5. The SMILES string of the molecule is CC(C)(CC(=O)Nc1n[nH]c(-c2ccc3ncccc3c2)c1F)CN1CCCC1. The van der Waals surface area contributed by atoms with E-state index < -0.39 is 5.82 Å². The van der Waals surface area contributed by atoms with Crippen molar-refractivity contribution in [1.82, 2.24) is 20.1 Å². The van der Waals surface area contributed by atoms with Crippen molar-refractivity contribution in [2.75, 3.05) is 25.0 Å². The molecule has 0 atom stereocenters. The molecule has 0 bridgehead atoms. The average Bonchev–Trinajstić information content (AvgIpc) is 3.30. The summed E-state index contributed by atoms with van der Waals surface area (Å²) in [7, 11) is 0. The van der Waals surface area contributed by atoms with Crippen LogP contribution in [-0.4, -0.2) is 45.6 Å². The van der Waals surface area contributed by atoms with Crippen LogP contribution in [0.25, 0.3) is 22.2 Å². The molecule has 3 aromatic rings. The molecule has 2 aromatic heterocycles. The normalized spacial score (nSPS) is 15.1. The molecule has 1 aromatic carbocycles. The minimum absolute atomic E-state index is 0.0618. The fraction of sp³-hybridized carbons (Fsp3) is 0.409. The van der Waals surface area contributed by atoms with Crippen molar-refractivity contribution in [2.45, 2.75) is 33.1 Å². The van der Waals surface area contributed by atoms with E-state index in [1.54, 1.807) is 12.3 Å². The number of rotatable bonds is 6. The Kier molecular flexibility index (Phi) is 5.32. The van der Waals surface area contributed by atoms with Crippen LogP contribution in [0.15, 0.2) is 36.5 Å². The van der Waals surface area contributed by atoms with Gasteiger partial charge in [-0.3, -0.25) is 14.9 Å². The number of benzene rings is 1. The van der Waals surface area contributed by atoms with Gasteiger partial charge in [0, 0.05) is 30.1 Å². The molecular formula is C22H26FN5O. The first-order valence-corrected chi connectivity index (χ1v) is 10.0. The van der Waals surface area contributed by atoms with Gasteiger partial charge in [-0.25, -0.2) is 4.39 Å². The predicted molar refractivity (Wildman–Crippen MR) is 112 cm³/mol. The van der Waals surface area contributed by atoms with Gasteiger partial charge >= 0.3 is 0 Å². The summed E-state index contributed by atoms with van der Waals surface area (Å²) in [5, 5.41) is 10.2. The summed E-state index contributed by atoms with van der Waals surface area (Å²) in [6.45, 7) is 7.17. The standard InChI is InChI=1S/C22H26FN5O/c1-22(2,14-28-10-3-4-11-28)13-18(29)25-21-19(23)20(26-27-21)16-7-8-17-15(12-16)6-5-9-24-17/h5-9,12H,3-4,10-11,13-14H2,1-2H3,(H2,25,26,27,29). The highest BCUT2D eigenvalue weighted by atomic mass is 19.1. The maximum atomic E-state index is 14.9. The predicted octanol–water partition coefficient (Wildman–Crippen LogP) is 4.21. The van der Waals surface area contributed by atoms with E-state index in [4.69, 9.17) is 0 Å². The number of hydrogen-bond acceptors (Lipinski definition) is 4. The molecule has 152 valence electrons. The third-order valence-corrected chi connectivity index (χ3v) is 5.35. The monoisotopic (exact) mass is 395 g/mol. The van der Waals surface area contributed by atoms with Crippen LogP contribution in [0, 0.1) is 11.2 Å². The number of carbonyl (C=O) groups is 1. The van der Waals surface area contributed by atoms with Gasteiger partial charge in [-0.1, -0.05) is 26.0 Å². The van der Waals surface area contributed by atoms with Crippen molar-refractivity contribution in [3.05, 3.63) is 42.3 Å². The highest BCUT2D eigenvalue weighted by molar-refractivity contribution is 5.91. The van der Waals surface area contributed by atoms with Gasteiger partial charge < -0.3 is 10.2 Å². The van der Waals surface area contributed by atoms with Crippen LogP contribution in [0.3, 0.4) is 0 Å². The second-order valence-electron chi connectivity index (χ2n) is 8.54. The van der Waals surface area contributed by atoms with Crippen LogP contribution in [0.1, 0.15) is 33.1 Å². The zero-order valence-corrected chi connectivity index (χ0v) is 16.8. The summed E-state index contributed by atoms with van der Waals surface area (Å²) in [6.07, 6.45) is 4.47. The van der Waals surface area contributed by atoms with E-state index in [1.165, 1.54) is 12.8 Å². The lowest BCUT2D eigenvalue weighted by Crippen LogP contribution is -2.35. The maximum Gasteiger partial charge on any atom is 0.226 e. The van der Waals surface area contributed by atoms with Crippen molar-refractivity contribution in [2.24, 2.45) is 5.41 Å². The van der Waals surface area contributed by atoms with Gasteiger partial charge in [0.2, 0.25) is 5.91 Å². The number of carbonyl (C=O) groups excluding carboxylic acids is 1. The molecule has 1 aliphatic heterocycles. The fourth-order valence-electron chi connectivity index (χ4n) is 4.05. The molecule has 1 fully saturated rings.